The first-order chi connectivity index (χ1) is 8.67. The van der Waals surface area contributed by atoms with Crippen LogP contribution >= 0.6 is 0 Å². The van der Waals surface area contributed by atoms with E-state index >= 15 is 0 Å². The molecule has 1 heterocycles. The van der Waals surface area contributed by atoms with Crippen molar-refractivity contribution in [2.24, 2.45) is 0 Å². The molecule has 1 atom stereocenters. The molecule has 0 aliphatic heterocycles. The molecule has 1 N–H and O–H groups in total. The maximum Gasteiger partial charge on any atom is 0.224 e. The largest absolute Gasteiger partial charge is 0.337 e. The lowest BCUT2D eigenvalue weighted by atomic mass is 10.2. The number of carbonyl (C=O) groups excluding carboxylic acids is 1. The van der Waals surface area contributed by atoms with Gasteiger partial charge in [-0.05, 0) is 32.5 Å². The highest BCUT2D eigenvalue weighted by atomic mass is 16.2. The Morgan fingerprint density at radius 2 is 2.22 bits per heavy atom. The lowest BCUT2D eigenvalue weighted by Crippen LogP contribution is -2.36. The van der Waals surface area contributed by atoms with Gasteiger partial charge in [-0.2, -0.15) is 0 Å². The van der Waals surface area contributed by atoms with E-state index in [1.54, 1.807) is 6.20 Å². The minimum absolute atomic E-state index is 0.177. The van der Waals surface area contributed by atoms with Crippen LogP contribution in [0, 0.1) is 0 Å². The number of nitrogens with zero attached hydrogens (tertiary/aromatic N) is 2. The van der Waals surface area contributed by atoms with E-state index in [4.69, 9.17) is 0 Å². The van der Waals surface area contributed by atoms with E-state index in [0.29, 0.717) is 19.5 Å². The third-order valence-corrected chi connectivity index (χ3v) is 2.85. The van der Waals surface area contributed by atoms with E-state index in [2.05, 4.69) is 10.3 Å². The average molecular weight is 249 g/mol. The molecule has 4 nitrogen and oxygen atoms in total. The van der Waals surface area contributed by atoms with Crippen LogP contribution in [0.5, 0.6) is 0 Å². The van der Waals surface area contributed by atoms with E-state index in [1.807, 2.05) is 43.9 Å². The summed E-state index contributed by atoms with van der Waals surface area (Å²) < 4.78 is 0. The molecule has 0 saturated heterocycles. The van der Waals surface area contributed by atoms with Gasteiger partial charge in [0.05, 0.1) is 12.2 Å². The van der Waals surface area contributed by atoms with Crippen molar-refractivity contribution < 1.29 is 4.79 Å². The van der Waals surface area contributed by atoms with Gasteiger partial charge in [-0.3, -0.25) is 9.78 Å². The number of pyridine rings is 1. The Morgan fingerprint density at radius 1 is 1.44 bits per heavy atom. The zero-order valence-electron chi connectivity index (χ0n) is 11.5. The summed E-state index contributed by atoms with van der Waals surface area (Å²) >= 11 is 0. The van der Waals surface area contributed by atoms with Crippen LogP contribution in [0.2, 0.25) is 0 Å². The van der Waals surface area contributed by atoms with Gasteiger partial charge in [0.1, 0.15) is 0 Å². The normalized spacial score (nSPS) is 12.2. The number of aromatic nitrogens is 1. The number of hydrogen-bond donors (Lipinski definition) is 1. The van der Waals surface area contributed by atoms with Crippen molar-refractivity contribution in [2.45, 2.75) is 39.8 Å². The molecule has 0 radical (unpaired) electrons. The van der Waals surface area contributed by atoms with Gasteiger partial charge in [0.25, 0.3) is 0 Å². The summed E-state index contributed by atoms with van der Waals surface area (Å²) in [7, 11) is 0. The van der Waals surface area contributed by atoms with Crippen molar-refractivity contribution in [1.82, 2.24) is 15.2 Å². The molecule has 4 heteroatoms. The second-order valence-corrected chi connectivity index (χ2v) is 4.39. The van der Waals surface area contributed by atoms with Crippen LogP contribution in [0.1, 0.15) is 32.9 Å². The fourth-order valence-corrected chi connectivity index (χ4v) is 1.88. The lowest BCUT2D eigenvalue weighted by Gasteiger charge is -2.22. The Hall–Kier alpha value is -1.42. The number of carbonyl (C=O) groups is 1. The summed E-state index contributed by atoms with van der Waals surface area (Å²) in [6.07, 6.45) is 2.30. The predicted molar refractivity (Wildman–Crippen MR) is 73.1 cm³/mol. The highest BCUT2D eigenvalue weighted by Gasteiger charge is 2.15. The van der Waals surface area contributed by atoms with E-state index in [9.17, 15) is 4.79 Å². The average Bonchev–Trinajstić information content (AvgIpc) is 2.37. The first-order valence-corrected chi connectivity index (χ1v) is 6.58. The molecule has 0 saturated carbocycles. The Balaban J connectivity index is 2.52. The highest BCUT2D eigenvalue weighted by molar-refractivity contribution is 5.76. The number of hydrogen-bond acceptors (Lipinski definition) is 3. The molecule has 0 spiro atoms. The van der Waals surface area contributed by atoms with Crippen LogP contribution in [0.3, 0.4) is 0 Å². The first kappa shape index (κ1) is 14.6. The number of amides is 1. The van der Waals surface area contributed by atoms with Crippen molar-refractivity contribution >= 4 is 5.91 Å². The molecular weight excluding hydrogens is 226 g/mol. The summed E-state index contributed by atoms with van der Waals surface area (Å²) in [5, 5.41) is 3.26. The van der Waals surface area contributed by atoms with Gasteiger partial charge < -0.3 is 10.2 Å². The minimum atomic E-state index is 0.177. The van der Waals surface area contributed by atoms with E-state index < -0.39 is 0 Å². The topological polar surface area (TPSA) is 45.2 Å². The minimum Gasteiger partial charge on any atom is -0.337 e. The van der Waals surface area contributed by atoms with E-state index in [-0.39, 0.29) is 11.9 Å². The van der Waals surface area contributed by atoms with E-state index in [0.717, 1.165) is 12.2 Å². The third-order valence-electron chi connectivity index (χ3n) is 2.85. The predicted octanol–water partition coefficient (Wildman–Crippen LogP) is 1.82. The molecule has 0 aliphatic rings. The molecule has 1 aromatic heterocycles. The van der Waals surface area contributed by atoms with Crippen molar-refractivity contribution in [3.05, 3.63) is 30.1 Å². The van der Waals surface area contributed by atoms with Gasteiger partial charge in [-0.15, -0.1) is 0 Å². The highest BCUT2D eigenvalue weighted by Crippen LogP contribution is 2.04. The van der Waals surface area contributed by atoms with Gasteiger partial charge >= 0.3 is 0 Å². The monoisotopic (exact) mass is 249 g/mol. The molecule has 0 aromatic carbocycles. The van der Waals surface area contributed by atoms with Gasteiger partial charge in [0, 0.05) is 25.2 Å². The maximum atomic E-state index is 12.1. The van der Waals surface area contributed by atoms with Gasteiger partial charge in [-0.25, -0.2) is 0 Å². The zero-order chi connectivity index (χ0) is 13.4. The molecule has 18 heavy (non-hydrogen) atoms. The lowest BCUT2D eigenvalue weighted by molar-refractivity contribution is -0.132. The van der Waals surface area contributed by atoms with Gasteiger partial charge in [0.15, 0.2) is 0 Å². The fourth-order valence-electron chi connectivity index (χ4n) is 1.88. The second-order valence-electron chi connectivity index (χ2n) is 4.39. The first-order valence-electron chi connectivity index (χ1n) is 6.58. The molecule has 1 rings (SSSR count). The fraction of sp³-hybridized carbons (Fsp3) is 0.571. The molecule has 0 bridgehead atoms. The summed E-state index contributed by atoms with van der Waals surface area (Å²) in [6, 6.07) is 6.00. The molecule has 1 aromatic rings. The summed E-state index contributed by atoms with van der Waals surface area (Å²) in [4.78, 5) is 18.2. The van der Waals surface area contributed by atoms with Crippen LogP contribution in [0.4, 0.5) is 0 Å². The third kappa shape index (κ3) is 4.84. The standard InChI is InChI=1S/C14H23N3O/c1-4-15-12(3)10-14(18)17(5-2)11-13-8-6-7-9-16-13/h6-9,12,15H,4-5,10-11H2,1-3H3. The van der Waals surface area contributed by atoms with Crippen molar-refractivity contribution in [3.63, 3.8) is 0 Å². The van der Waals surface area contributed by atoms with Gasteiger partial charge in [0.2, 0.25) is 5.91 Å². The summed E-state index contributed by atoms with van der Waals surface area (Å²) in [5.74, 6) is 0.177. The van der Waals surface area contributed by atoms with E-state index in [1.165, 1.54) is 0 Å². The molecule has 0 fully saturated rings. The quantitative estimate of drug-likeness (QED) is 0.801. The van der Waals surface area contributed by atoms with Gasteiger partial charge in [-0.1, -0.05) is 13.0 Å². The molecule has 100 valence electrons. The second kappa shape index (κ2) is 7.82. The zero-order valence-corrected chi connectivity index (χ0v) is 11.5. The Labute approximate surface area is 109 Å². The smallest absolute Gasteiger partial charge is 0.224 e. The summed E-state index contributed by atoms with van der Waals surface area (Å²) in [5.41, 5.74) is 0.934. The Morgan fingerprint density at radius 3 is 2.78 bits per heavy atom. The molecule has 0 aliphatic carbocycles. The van der Waals surface area contributed by atoms with Crippen LogP contribution in [-0.2, 0) is 11.3 Å². The van der Waals surface area contributed by atoms with Crippen molar-refractivity contribution in [1.29, 1.82) is 0 Å². The molecule has 1 unspecified atom stereocenters. The maximum absolute atomic E-state index is 12.1. The molecule has 1 amide bonds. The number of nitrogens with one attached hydrogen (secondary N) is 1. The van der Waals surface area contributed by atoms with Crippen LogP contribution in [0.15, 0.2) is 24.4 Å². The Kier molecular flexibility index (Phi) is 6.36. The molecular formula is C14H23N3O. The summed E-state index contributed by atoms with van der Waals surface area (Å²) in [6.45, 7) is 8.28. The Bertz CT molecular complexity index is 353. The van der Waals surface area contributed by atoms with Crippen molar-refractivity contribution in [2.75, 3.05) is 13.1 Å². The van der Waals surface area contributed by atoms with Crippen LogP contribution < -0.4 is 5.32 Å². The number of rotatable bonds is 7. The van der Waals surface area contributed by atoms with Crippen LogP contribution in [0.25, 0.3) is 0 Å². The SMILES string of the molecule is CCNC(C)CC(=O)N(CC)Cc1ccccn1. The van der Waals surface area contributed by atoms with Crippen LogP contribution in [-0.4, -0.2) is 34.9 Å². The van der Waals surface area contributed by atoms with Crippen molar-refractivity contribution in [3.8, 4) is 0 Å².